The van der Waals surface area contributed by atoms with E-state index in [9.17, 15) is 0 Å². The van der Waals surface area contributed by atoms with Crippen LogP contribution in [-0.2, 0) is 0 Å². The third kappa shape index (κ3) is 2.66. The molecule has 2 rings (SSSR count). The standard InChI is InChI=1S/C13H13N3O/c1-10(11-7-14-9-15-8-11)16-12-5-3-4-6-13(12)17-2/h3-9H,1-2H3. The maximum absolute atomic E-state index is 5.24. The van der Waals surface area contributed by atoms with E-state index < -0.39 is 0 Å². The third-order valence-electron chi connectivity index (χ3n) is 2.35. The van der Waals surface area contributed by atoms with Gasteiger partial charge in [0.15, 0.2) is 0 Å². The molecule has 1 aromatic heterocycles. The predicted octanol–water partition coefficient (Wildman–Crippen LogP) is 2.63. The first kappa shape index (κ1) is 11.3. The molecule has 1 heterocycles. The molecule has 0 fully saturated rings. The van der Waals surface area contributed by atoms with Gasteiger partial charge < -0.3 is 4.74 Å². The van der Waals surface area contributed by atoms with Crippen LogP contribution in [0.15, 0.2) is 48.0 Å². The minimum absolute atomic E-state index is 0.753. The lowest BCUT2D eigenvalue weighted by atomic mass is 10.2. The summed E-state index contributed by atoms with van der Waals surface area (Å²) < 4.78 is 5.24. The van der Waals surface area contributed by atoms with Gasteiger partial charge in [-0.2, -0.15) is 0 Å². The van der Waals surface area contributed by atoms with Gasteiger partial charge in [-0.25, -0.2) is 15.0 Å². The number of benzene rings is 1. The topological polar surface area (TPSA) is 47.4 Å². The van der Waals surface area contributed by atoms with Crippen molar-refractivity contribution in [2.24, 2.45) is 4.99 Å². The summed E-state index contributed by atoms with van der Waals surface area (Å²) in [5, 5.41) is 0. The van der Waals surface area contributed by atoms with Crippen LogP contribution in [0.4, 0.5) is 5.69 Å². The van der Waals surface area contributed by atoms with E-state index in [1.807, 2.05) is 31.2 Å². The largest absolute Gasteiger partial charge is 0.494 e. The van der Waals surface area contributed by atoms with E-state index in [2.05, 4.69) is 15.0 Å². The predicted molar refractivity (Wildman–Crippen MR) is 66.9 cm³/mol. The quantitative estimate of drug-likeness (QED) is 0.757. The van der Waals surface area contributed by atoms with Crippen molar-refractivity contribution in [2.75, 3.05) is 7.11 Å². The van der Waals surface area contributed by atoms with Crippen LogP contribution >= 0.6 is 0 Å². The number of hydrogen-bond donors (Lipinski definition) is 0. The first-order valence-electron chi connectivity index (χ1n) is 5.25. The maximum atomic E-state index is 5.24. The molecule has 0 aliphatic rings. The highest BCUT2D eigenvalue weighted by atomic mass is 16.5. The highest BCUT2D eigenvalue weighted by molar-refractivity contribution is 6.00. The minimum Gasteiger partial charge on any atom is -0.494 e. The molecule has 4 nitrogen and oxygen atoms in total. The molecule has 17 heavy (non-hydrogen) atoms. The summed E-state index contributed by atoms with van der Waals surface area (Å²) >= 11 is 0. The van der Waals surface area contributed by atoms with Gasteiger partial charge in [0.1, 0.15) is 17.8 Å². The van der Waals surface area contributed by atoms with Crippen molar-refractivity contribution in [1.82, 2.24) is 9.97 Å². The second kappa shape index (κ2) is 5.21. The van der Waals surface area contributed by atoms with Crippen molar-refractivity contribution < 1.29 is 4.74 Å². The van der Waals surface area contributed by atoms with Gasteiger partial charge in [0.25, 0.3) is 0 Å². The summed E-state index contributed by atoms with van der Waals surface area (Å²) in [7, 11) is 1.63. The van der Waals surface area contributed by atoms with Crippen LogP contribution in [0.25, 0.3) is 0 Å². The lowest BCUT2D eigenvalue weighted by Crippen LogP contribution is -1.96. The van der Waals surface area contributed by atoms with Gasteiger partial charge in [0.05, 0.1) is 7.11 Å². The van der Waals surface area contributed by atoms with Crippen molar-refractivity contribution in [3.8, 4) is 5.75 Å². The first-order valence-corrected chi connectivity index (χ1v) is 5.25. The van der Waals surface area contributed by atoms with Gasteiger partial charge in [0, 0.05) is 23.7 Å². The fourth-order valence-corrected chi connectivity index (χ4v) is 1.45. The molecule has 0 saturated carbocycles. The number of rotatable bonds is 3. The lowest BCUT2D eigenvalue weighted by Gasteiger charge is -2.05. The Morgan fingerprint density at radius 3 is 2.59 bits per heavy atom. The van der Waals surface area contributed by atoms with Gasteiger partial charge in [-0.1, -0.05) is 12.1 Å². The van der Waals surface area contributed by atoms with E-state index in [0.717, 1.165) is 22.7 Å². The van der Waals surface area contributed by atoms with Crippen LogP contribution in [0.2, 0.25) is 0 Å². The highest BCUT2D eigenvalue weighted by Gasteiger charge is 2.02. The fraction of sp³-hybridized carbons (Fsp3) is 0.154. The Balaban J connectivity index is 2.36. The molecular weight excluding hydrogens is 214 g/mol. The average molecular weight is 227 g/mol. The maximum Gasteiger partial charge on any atom is 0.144 e. The summed E-state index contributed by atoms with van der Waals surface area (Å²) in [5.41, 5.74) is 2.56. The molecule has 0 radical (unpaired) electrons. The van der Waals surface area contributed by atoms with E-state index in [-0.39, 0.29) is 0 Å². The fourth-order valence-electron chi connectivity index (χ4n) is 1.45. The van der Waals surface area contributed by atoms with Crippen molar-refractivity contribution in [2.45, 2.75) is 6.92 Å². The zero-order chi connectivity index (χ0) is 12.1. The molecule has 0 aliphatic heterocycles. The molecule has 4 heteroatoms. The molecule has 0 atom stereocenters. The Hall–Kier alpha value is -2.23. The molecule has 1 aromatic carbocycles. The lowest BCUT2D eigenvalue weighted by molar-refractivity contribution is 0.416. The summed E-state index contributed by atoms with van der Waals surface area (Å²) in [6.07, 6.45) is 4.97. The Morgan fingerprint density at radius 1 is 1.18 bits per heavy atom. The molecule has 0 amide bonds. The van der Waals surface area contributed by atoms with E-state index in [1.54, 1.807) is 19.5 Å². The molecule has 0 bridgehead atoms. The van der Waals surface area contributed by atoms with Crippen molar-refractivity contribution in [1.29, 1.82) is 0 Å². The second-order valence-electron chi connectivity index (χ2n) is 3.50. The van der Waals surface area contributed by atoms with Crippen LogP contribution in [0.5, 0.6) is 5.75 Å². The summed E-state index contributed by atoms with van der Waals surface area (Å²) in [6.45, 7) is 1.92. The van der Waals surface area contributed by atoms with Crippen LogP contribution in [0.3, 0.4) is 0 Å². The molecule has 0 aliphatic carbocycles. The normalized spacial score (nSPS) is 11.3. The van der Waals surface area contributed by atoms with E-state index in [0.29, 0.717) is 0 Å². The molecule has 86 valence electrons. The van der Waals surface area contributed by atoms with Crippen LogP contribution in [0, 0.1) is 0 Å². The Kier molecular flexibility index (Phi) is 3.45. The van der Waals surface area contributed by atoms with Crippen molar-refractivity contribution in [3.05, 3.63) is 48.5 Å². The van der Waals surface area contributed by atoms with Crippen LogP contribution in [0.1, 0.15) is 12.5 Å². The zero-order valence-electron chi connectivity index (χ0n) is 9.79. The van der Waals surface area contributed by atoms with Crippen LogP contribution in [-0.4, -0.2) is 22.8 Å². The Morgan fingerprint density at radius 2 is 1.88 bits per heavy atom. The van der Waals surface area contributed by atoms with E-state index in [4.69, 9.17) is 4.74 Å². The average Bonchev–Trinajstić information content (AvgIpc) is 2.40. The van der Waals surface area contributed by atoms with E-state index >= 15 is 0 Å². The van der Waals surface area contributed by atoms with Gasteiger partial charge in [-0.3, -0.25) is 0 Å². The number of methoxy groups -OCH3 is 1. The number of aromatic nitrogens is 2. The third-order valence-corrected chi connectivity index (χ3v) is 2.35. The summed E-state index contributed by atoms with van der Waals surface area (Å²) in [5.74, 6) is 0.753. The summed E-state index contributed by atoms with van der Waals surface area (Å²) in [4.78, 5) is 12.4. The van der Waals surface area contributed by atoms with Gasteiger partial charge >= 0.3 is 0 Å². The van der Waals surface area contributed by atoms with Crippen molar-refractivity contribution >= 4 is 11.4 Å². The second-order valence-corrected chi connectivity index (χ2v) is 3.50. The monoisotopic (exact) mass is 227 g/mol. The van der Waals surface area contributed by atoms with Gasteiger partial charge in [-0.05, 0) is 19.1 Å². The highest BCUT2D eigenvalue weighted by Crippen LogP contribution is 2.26. The van der Waals surface area contributed by atoms with E-state index in [1.165, 1.54) is 6.33 Å². The van der Waals surface area contributed by atoms with Gasteiger partial charge in [0.2, 0.25) is 0 Å². The first-order chi connectivity index (χ1) is 8.31. The molecule has 0 N–H and O–H groups in total. The van der Waals surface area contributed by atoms with Gasteiger partial charge in [-0.15, -0.1) is 0 Å². The van der Waals surface area contributed by atoms with Crippen LogP contribution < -0.4 is 4.74 Å². The number of para-hydroxylation sites is 2. The smallest absolute Gasteiger partial charge is 0.144 e. The Bertz CT molecular complexity index is 523. The number of ether oxygens (including phenoxy) is 1. The minimum atomic E-state index is 0.753. The number of nitrogens with zero attached hydrogens (tertiary/aromatic N) is 3. The molecule has 0 saturated heterocycles. The molecule has 0 unspecified atom stereocenters. The summed E-state index contributed by atoms with van der Waals surface area (Å²) in [6, 6.07) is 7.63. The number of aliphatic imine (C=N–C) groups is 1. The number of hydrogen-bond acceptors (Lipinski definition) is 4. The molecular formula is C13H13N3O. The Labute approximate surface area is 100 Å². The zero-order valence-corrected chi connectivity index (χ0v) is 9.79. The van der Waals surface area contributed by atoms with Crippen molar-refractivity contribution in [3.63, 3.8) is 0 Å². The molecule has 0 spiro atoms. The molecule has 2 aromatic rings. The SMILES string of the molecule is COc1ccccc1N=C(C)c1cncnc1.